The minimum absolute atomic E-state index is 0.00991. The van der Waals surface area contributed by atoms with Gasteiger partial charge in [0.2, 0.25) is 0 Å². The van der Waals surface area contributed by atoms with Gasteiger partial charge in [-0.2, -0.15) is 5.10 Å². The van der Waals surface area contributed by atoms with E-state index in [1.165, 1.54) is 6.07 Å². The quantitative estimate of drug-likeness (QED) is 0.329. The van der Waals surface area contributed by atoms with E-state index in [0.29, 0.717) is 24.1 Å². The Morgan fingerprint density at radius 3 is 2.82 bits per heavy atom. The highest BCUT2D eigenvalue weighted by atomic mass is 32.2. The molecule has 0 atom stereocenters. The number of thioether (sulfide) groups is 1. The van der Waals surface area contributed by atoms with E-state index in [1.807, 2.05) is 0 Å². The van der Waals surface area contributed by atoms with E-state index in [4.69, 9.17) is 14.4 Å². The Kier molecular flexibility index (Phi) is 5.99. The van der Waals surface area contributed by atoms with E-state index >= 15 is 0 Å². The first-order valence-corrected chi connectivity index (χ1v) is 12.0. The second kappa shape index (κ2) is 9.22. The van der Waals surface area contributed by atoms with Crippen LogP contribution in [-0.2, 0) is 6.54 Å². The van der Waals surface area contributed by atoms with E-state index in [1.54, 1.807) is 46.9 Å². The van der Waals surface area contributed by atoms with Gasteiger partial charge in [-0.05, 0) is 30.7 Å². The number of nitrogens with one attached hydrogen (secondary N) is 1. The van der Waals surface area contributed by atoms with Crippen molar-refractivity contribution in [2.45, 2.75) is 31.5 Å². The molecule has 0 unspecified atom stereocenters. The molecule has 1 aliphatic rings. The predicted octanol–water partition coefficient (Wildman–Crippen LogP) is 3.07. The number of rotatable bonds is 7. The van der Waals surface area contributed by atoms with Crippen LogP contribution in [0, 0.1) is 0 Å². The smallest absolute Gasteiger partial charge is 0.287 e. The lowest BCUT2D eigenvalue weighted by Gasteiger charge is -2.17. The maximum absolute atomic E-state index is 12.6. The zero-order valence-corrected chi connectivity index (χ0v) is 19.1. The summed E-state index contributed by atoms with van der Waals surface area (Å²) in [6, 6.07) is 8.10. The summed E-state index contributed by atoms with van der Waals surface area (Å²) in [4.78, 5) is 36.6. The van der Waals surface area contributed by atoms with E-state index in [2.05, 4.69) is 22.2 Å². The van der Waals surface area contributed by atoms with Crippen molar-refractivity contribution >= 4 is 45.5 Å². The van der Waals surface area contributed by atoms with Gasteiger partial charge in [0, 0.05) is 25.7 Å². The van der Waals surface area contributed by atoms with Gasteiger partial charge in [-0.15, -0.1) is 0 Å². The third kappa shape index (κ3) is 4.30. The van der Waals surface area contributed by atoms with Crippen molar-refractivity contribution in [2.75, 3.05) is 30.3 Å². The molecule has 170 valence electrons. The molecule has 10 heteroatoms. The summed E-state index contributed by atoms with van der Waals surface area (Å²) in [7, 11) is 0. The summed E-state index contributed by atoms with van der Waals surface area (Å²) in [6.07, 6.45) is 4.12. The number of aromatic nitrogens is 4. The fraction of sp³-hybridized carbons (Fsp3) is 0.348. The Labute approximate surface area is 194 Å². The molecule has 0 saturated carbocycles. The van der Waals surface area contributed by atoms with Crippen molar-refractivity contribution in [3.8, 4) is 0 Å². The van der Waals surface area contributed by atoms with E-state index in [-0.39, 0.29) is 11.2 Å². The molecule has 1 fully saturated rings. The molecule has 1 aliphatic heterocycles. The number of para-hydroxylation sites is 1. The van der Waals surface area contributed by atoms with E-state index in [0.717, 1.165) is 53.7 Å². The number of benzene rings is 1. The van der Waals surface area contributed by atoms with Crippen LogP contribution in [0.4, 0.5) is 5.82 Å². The Morgan fingerprint density at radius 2 is 2.00 bits per heavy atom. The monoisotopic (exact) mass is 464 g/mol. The van der Waals surface area contributed by atoms with Gasteiger partial charge in [-0.25, -0.2) is 14.6 Å². The zero-order chi connectivity index (χ0) is 22.8. The largest absolute Gasteiger partial charge is 0.451 e. The molecular formula is C23H24N6O3S. The Balaban J connectivity index is 1.34. The summed E-state index contributed by atoms with van der Waals surface area (Å²) in [6.45, 7) is 4.79. The molecule has 33 heavy (non-hydrogen) atoms. The van der Waals surface area contributed by atoms with Gasteiger partial charge < -0.3 is 14.6 Å². The molecule has 1 saturated heterocycles. The van der Waals surface area contributed by atoms with Gasteiger partial charge in [-0.1, -0.05) is 30.8 Å². The fourth-order valence-corrected chi connectivity index (χ4v) is 4.59. The van der Waals surface area contributed by atoms with Crippen LogP contribution in [0.5, 0.6) is 0 Å². The molecule has 9 nitrogen and oxygen atoms in total. The van der Waals surface area contributed by atoms with Crippen LogP contribution in [0.3, 0.4) is 0 Å². The van der Waals surface area contributed by atoms with Crippen LogP contribution in [0.15, 0.2) is 50.9 Å². The van der Waals surface area contributed by atoms with Crippen LogP contribution in [0.1, 0.15) is 30.3 Å². The summed E-state index contributed by atoms with van der Waals surface area (Å²) >= 11 is 1.60. The van der Waals surface area contributed by atoms with Gasteiger partial charge in [0.25, 0.3) is 5.91 Å². The van der Waals surface area contributed by atoms with Crippen LogP contribution in [0.25, 0.3) is 22.0 Å². The lowest BCUT2D eigenvalue weighted by molar-refractivity contribution is 0.0925. The number of carbonyl (C=O) groups excluding carboxylic acids is 1. The first-order chi connectivity index (χ1) is 16.1. The van der Waals surface area contributed by atoms with Gasteiger partial charge >= 0.3 is 0 Å². The van der Waals surface area contributed by atoms with Crippen LogP contribution < -0.4 is 15.6 Å². The second-order valence-corrected chi connectivity index (χ2v) is 9.02. The lowest BCUT2D eigenvalue weighted by atomic mass is 10.2. The zero-order valence-electron chi connectivity index (χ0n) is 18.3. The number of carbonyl (C=O) groups is 1. The molecule has 0 radical (unpaired) electrons. The molecule has 0 aliphatic carbocycles. The molecule has 1 amide bonds. The number of hydrogen-bond acceptors (Lipinski definition) is 8. The van der Waals surface area contributed by atoms with Crippen LogP contribution in [-0.4, -0.2) is 51.0 Å². The third-order valence-corrected chi connectivity index (χ3v) is 6.33. The Morgan fingerprint density at radius 1 is 1.18 bits per heavy atom. The molecule has 3 aromatic heterocycles. The Hall–Kier alpha value is -3.40. The number of hydrogen-bond donors (Lipinski definition) is 1. The number of anilines is 1. The standard InChI is InChI=1S/C23H24N6O3S/c1-2-33-23-26-20(28-10-5-6-11-28)16-14-25-29(21(16)27-23)12-9-24-22(31)19-13-17(30)15-7-3-4-8-18(15)32-19/h3-4,7-8,13-14H,2,5-6,9-12H2,1H3,(H,24,31). The van der Waals surface area contributed by atoms with Gasteiger partial charge in [0.1, 0.15) is 11.4 Å². The third-order valence-electron chi connectivity index (χ3n) is 5.60. The minimum atomic E-state index is -0.441. The first-order valence-electron chi connectivity index (χ1n) is 11.1. The fourth-order valence-electron chi connectivity index (χ4n) is 4.03. The molecular weight excluding hydrogens is 440 g/mol. The maximum Gasteiger partial charge on any atom is 0.287 e. The molecule has 4 aromatic rings. The highest BCUT2D eigenvalue weighted by Gasteiger charge is 2.21. The van der Waals surface area contributed by atoms with Crippen molar-refractivity contribution in [2.24, 2.45) is 0 Å². The summed E-state index contributed by atoms with van der Waals surface area (Å²) in [5, 5.41) is 9.42. The highest BCUT2D eigenvalue weighted by molar-refractivity contribution is 7.99. The minimum Gasteiger partial charge on any atom is -0.451 e. The van der Waals surface area contributed by atoms with E-state index in [9.17, 15) is 9.59 Å². The van der Waals surface area contributed by atoms with Crippen molar-refractivity contribution in [3.63, 3.8) is 0 Å². The summed E-state index contributed by atoms with van der Waals surface area (Å²) < 4.78 is 7.40. The SMILES string of the molecule is CCSc1nc(N2CCCC2)c2cnn(CCNC(=O)c3cc(=O)c4ccccc4o3)c2n1. The van der Waals surface area contributed by atoms with Crippen molar-refractivity contribution < 1.29 is 9.21 Å². The molecule has 0 spiro atoms. The second-order valence-electron chi connectivity index (χ2n) is 7.79. The highest BCUT2D eigenvalue weighted by Crippen LogP contribution is 2.29. The summed E-state index contributed by atoms with van der Waals surface area (Å²) in [5.41, 5.74) is 0.904. The van der Waals surface area contributed by atoms with Crippen molar-refractivity contribution in [1.29, 1.82) is 0 Å². The molecule has 4 heterocycles. The van der Waals surface area contributed by atoms with E-state index < -0.39 is 5.91 Å². The summed E-state index contributed by atoms with van der Waals surface area (Å²) in [5.74, 6) is 1.36. The van der Waals surface area contributed by atoms with Crippen molar-refractivity contribution in [3.05, 3.63) is 52.5 Å². The van der Waals surface area contributed by atoms with Crippen molar-refractivity contribution in [1.82, 2.24) is 25.1 Å². The lowest BCUT2D eigenvalue weighted by Crippen LogP contribution is -2.28. The molecule has 5 rings (SSSR count). The maximum atomic E-state index is 12.6. The number of fused-ring (bicyclic) bond motifs is 2. The first kappa shape index (κ1) is 21.4. The van der Waals surface area contributed by atoms with Gasteiger partial charge in [0.15, 0.2) is 22.0 Å². The predicted molar refractivity (Wildman–Crippen MR) is 128 cm³/mol. The van der Waals surface area contributed by atoms with Gasteiger partial charge in [-0.3, -0.25) is 9.59 Å². The average Bonchev–Trinajstić information content (AvgIpc) is 3.49. The van der Waals surface area contributed by atoms with Gasteiger partial charge in [0.05, 0.1) is 23.5 Å². The number of amides is 1. The number of nitrogens with zero attached hydrogens (tertiary/aromatic N) is 5. The molecule has 0 bridgehead atoms. The molecule has 1 N–H and O–H groups in total. The Bertz CT molecular complexity index is 1380. The molecule has 1 aromatic carbocycles. The van der Waals surface area contributed by atoms with Crippen LogP contribution in [0.2, 0.25) is 0 Å². The average molecular weight is 465 g/mol. The van der Waals surface area contributed by atoms with Crippen LogP contribution >= 0.6 is 11.8 Å². The topological polar surface area (TPSA) is 106 Å². The normalized spacial score (nSPS) is 13.8.